The van der Waals surface area contributed by atoms with Gasteiger partial charge in [0.15, 0.2) is 0 Å². The van der Waals surface area contributed by atoms with Crippen LogP contribution < -0.4 is 4.90 Å². The monoisotopic (exact) mass is 271 g/mol. The molecule has 2 aromatic rings. The molecule has 0 aliphatic carbocycles. The standard InChI is InChI=1S/C17H18FNO/c1-4-19(16-11-12(2)9-10-13(16)3)17(20)14-7-5-6-8-15(14)18/h5-11H,4H2,1-3H3. The highest BCUT2D eigenvalue weighted by atomic mass is 19.1. The highest BCUT2D eigenvalue weighted by Gasteiger charge is 2.20. The van der Waals surface area contributed by atoms with Gasteiger partial charge >= 0.3 is 0 Å². The molecule has 2 rings (SSSR count). The van der Waals surface area contributed by atoms with Gasteiger partial charge in [-0.05, 0) is 50.1 Å². The highest BCUT2D eigenvalue weighted by molar-refractivity contribution is 6.06. The van der Waals surface area contributed by atoms with Crippen LogP contribution in [-0.2, 0) is 0 Å². The number of amides is 1. The third kappa shape index (κ3) is 2.72. The Morgan fingerprint density at radius 2 is 1.85 bits per heavy atom. The zero-order valence-corrected chi connectivity index (χ0v) is 12.0. The minimum atomic E-state index is -0.485. The Bertz CT molecular complexity index is 637. The first-order chi connectivity index (χ1) is 9.54. The number of carbonyl (C=O) groups excluding carboxylic acids is 1. The summed E-state index contributed by atoms with van der Waals surface area (Å²) in [7, 11) is 0. The molecule has 0 unspecified atom stereocenters. The van der Waals surface area contributed by atoms with E-state index in [0.29, 0.717) is 6.54 Å². The van der Waals surface area contributed by atoms with E-state index in [4.69, 9.17) is 0 Å². The van der Waals surface area contributed by atoms with Crippen LogP contribution in [0, 0.1) is 19.7 Å². The van der Waals surface area contributed by atoms with Gasteiger partial charge in [-0.2, -0.15) is 0 Å². The second-order valence-corrected chi connectivity index (χ2v) is 4.82. The molecule has 0 atom stereocenters. The van der Waals surface area contributed by atoms with Crippen molar-refractivity contribution >= 4 is 11.6 Å². The molecule has 2 nitrogen and oxygen atoms in total. The quantitative estimate of drug-likeness (QED) is 0.822. The zero-order valence-electron chi connectivity index (χ0n) is 12.0. The molecule has 0 saturated carbocycles. The van der Waals surface area contributed by atoms with Gasteiger partial charge in [-0.15, -0.1) is 0 Å². The van der Waals surface area contributed by atoms with Crippen LogP contribution in [0.5, 0.6) is 0 Å². The summed E-state index contributed by atoms with van der Waals surface area (Å²) in [5.74, 6) is -0.791. The zero-order chi connectivity index (χ0) is 14.7. The van der Waals surface area contributed by atoms with Gasteiger partial charge in [-0.25, -0.2) is 4.39 Å². The van der Waals surface area contributed by atoms with Crippen LogP contribution in [0.4, 0.5) is 10.1 Å². The Balaban J connectivity index is 2.45. The number of hydrogen-bond donors (Lipinski definition) is 0. The van der Waals surface area contributed by atoms with Crippen LogP contribution >= 0.6 is 0 Å². The summed E-state index contributed by atoms with van der Waals surface area (Å²) in [6.45, 7) is 6.31. The molecule has 2 aromatic carbocycles. The maximum atomic E-state index is 13.8. The Kier molecular flexibility index (Phi) is 4.18. The lowest BCUT2D eigenvalue weighted by molar-refractivity contribution is 0.0984. The summed E-state index contributed by atoms with van der Waals surface area (Å²) in [6, 6.07) is 12.0. The van der Waals surface area contributed by atoms with E-state index < -0.39 is 5.82 Å². The summed E-state index contributed by atoms with van der Waals surface area (Å²) < 4.78 is 13.8. The lowest BCUT2D eigenvalue weighted by Crippen LogP contribution is -2.32. The molecule has 104 valence electrons. The SMILES string of the molecule is CCN(C(=O)c1ccccc1F)c1cc(C)ccc1C. The first-order valence-corrected chi connectivity index (χ1v) is 6.68. The van der Waals surface area contributed by atoms with Crippen molar-refractivity contribution < 1.29 is 9.18 Å². The predicted octanol–water partition coefficient (Wildman–Crippen LogP) is 4.11. The highest BCUT2D eigenvalue weighted by Crippen LogP contribution is 2.24. The number of rotatable bonds is 3. The molecule has 0 bridgehead atoms. The average molecular weight is 271 g/mol. The topological polar surface area (TPSA) is 20.3 Å². The third-order valence-electron chi connectivity index (χ3n) is 3.32. The fraction of sp³-hybridized carbons (Fsp3) is 0.235. The van der Waals surface area contributed by atoms with Crippen molar-refractivity contribution in [3.8, 4) is 0 Å². The summed E-state index contributed by atoms with van der Waals surface area (Å²) in [6.07, 6.45) is 0. The minimum Gasteiger partial charge on any atom is -0.308 e. The van der Waals surface area contributed by atoms with E-state index in [-0.39, 0.29) is 11.5 Å². The van der Waals surface area contributed by atoms with Gasteiger partial charge in [0.2, 0.25) is 0 Å². The van der Waals surface area contributed by atoms with Crippen LogP contribution in [0.3, 0.4) is 0 Å². The van der Waals surface area contributed by atoms with Crippen molar-refractivity contribution in [2.75, 3.05) is 11.4 Å². The molecular formula is C17H18FNO. The summed E-state index contributed by atoms with van der Waals surface area (Å²) in [5, 5.41) is 0. The molecule has 3 heteroatoms. The average Bonchev–Trinajstić information content (AvgIpc) is 2.44. The second kappa shape index (κ2) is 5.87. The summed E-state index contributed by atoms with van der Waals surface area (Å²) in [5.41, 5.74) is 3.02. The molecular weight excluding hydrogens is 253 g/mol. The molecule has 0 fully saturated rings. The van der Waals surface area contributed by atoms with E-state index in [9.17, 15) is 9.18 Å². The van der Waals surface area contributed by atoms with Crippen molar-refractivity contribution in [1.29, 1.82) is 0 Å². The van der Waals surface area contributed by atoms with Gasteiger partial charge in [0.1, 0.15) is 5.82 Å². The molecule has 1 amide bonds. The number of anilines is 1. The Morgan fingerprint density at radius 1 is 1.15 bits per heavy atom. The fourth-order valence-electron chi connectivity index (χ4n) is 2.21. The molecule has 0 aliphatic heterocycles. The number of nitrogens with zero attached hydrogens (tertiary/aromatic N) is 1. The molecule has 0 aromatic heterocycles. The molecule has 20 heavy (non-hydrogen) atoms. The van der Waals surface area contributed by atoms with Crippen molar-refractivity contribution in [1.82, 2.24) is 0 Å². The Morgan fingerprint density at radius 3 is 2.50 bits per heavy atom. The third-order valence-corrected chi connectivity index (χ3v) is 3.32. The smallest absolute Gasteiger partial charge is 0.261 e. The van der Waals surface area contributed by atoms with Gasteiger partial charge in [0.25, 0.3) is 5.91 Å². The van der Waals surface area contributed by atoms with E-state index >= 15 is 0 Å². The first-order valence-electron chi connectivity index (χ1n) is 6.68. The second-order valence-electron chi connectivity index (χ2n) is 4.82. The van der Waals surface area contributed by atoms with Gasteiger partial charge in [-0.3, -0.25) is 4.79 Å². The molecule has 0 radical (unpaired) electrons. The van der Waals surface area contributed by atoms with E-state index in [0.717, 1.165) is 16.8 Å². The summed E-state index contributed by atoms with van der Waals surface area (Å²) >= 11 is 0. The fourth-order valence-corrected chi connectivity index (χ4v) is 2.21. The van der Waals surface area contributed by atoms with Crippen molar-refractivity contribution in [2.24, 2.45) is 0 Å². The van der Waals surface area contributed by atoms with Crippen molar-refractivity contribution in [2.45, 2.75) is 20.8 Å². The van der Waals surface area contributed by atoms with E-state index in [1.54, 1.807) is 17.0 Å². The van der Waals surface area contributed by atoms with Gasteiger partial charge in [0.05, 0.1) is 5.56 Å². The summed E-state index contributed by atoms with van der Waals surface area (Å²) in [4.78, 5) is 14.2. The van der Waals surface area contributed by atoms with E-state index in [2.05, 4.69) is 0 Å². The Hall–Kier alpha value is -2.16. The van der Waals surface area contributed by atoms with Crippen LogP contribution in [0.1, 0.15) is 28.4 Å². The number of aryl methyl sites for hydroxylation is 2. The van der Waals surface area contributed by atoms with Gasteiger partial charge < -0.3 is 4.90 Å². The van der Waals surface area contributed by atoms with Crippen LogP contribution in [-0.4, -0.2) is 12.5 Å². The molecule has 0 heterocycles. The number of benzene rings is 2. The molecule has 0 saturated heterocycles. The van der Waals surface area contributed by atoms with Gasteiger partial charge in [-0.1, -0.05) is 24.3 Å². The lowest BCUT2D eigenvalue weighted by Gasteiger charge is -2.23. The largest absolute Gasteiger partial charge is 0.308 e. The molecule has 0 N–H and O–H groups in total. The molecule has 0 spiro atoms. The van der Waals surface area contributed by atoms with Crippen LogP contribution in [0.2, 0.25) is 0 Å². The maximum absolute atomic E-state index is 13.8. The molecule has 0 aliphatic rings. The predicted molar refractivity (Wildman–Crippen MR) is 79.7 cm³/mol. The number of hydrogen-bond acceptors (Lipinski definition) is 1. The van der Waals surface area contributed by atoms with Gasteiger partial charge in [0, 0.05) is 12.2 Å². The van der Waals surface area contributed by atoms with Crippen molar-refractivity contribution in [3.63, 3.8) is 0 Å². The maximum Gasteiger partial charge on any atom is 0.261 e. The van der Waals surface area contributed by atoms with Crippen molar-refractivity contribution in [3.05, 3.63) is 65.0 Å². The van der Waals surface area contributed by atoms with Crippen LogP contribution in [0.25, 0.3) is 0 Å². The number of halogens is 1. The lowest BCUT2D eigenvalue weighted by atomic mass is 10.1. The minimum absolute atomic E-state index is 0.107. The first kappa shape index (κ1) is 14.3. The number of carbonyl (C=O) groups is 1. The van der Waals surface area contributed by atoms with E-state index in [1.807, 2.05) is 39.0 Å². The normalized spacial score (nSPS) is 10.4. The van der Waals surface area contributed by atoms with E-state index in [1.165, 1.54) is 12.1 Å². The van der Waals surface area contributed by atoms with Crippen LogP contribution in [0.15, 0.2) is 42.5 Å². The Labute approximate surface area is 118 Å².